The molecule has 2 heterocycles. The average molecular weight is 387 g/mol. The Morgan fingerprint density at radius 1 is 1.28 bits per heavy atom. The molecule has 7 heteroatoms. The van der Waals surface area contributed by atoms with Crippen LogP contribution in [0.25, 0.3) is 16.8 Å². The number of benzene rings is 2. The summed E-state index contributed by atoms with van der Waals surface area (Å²) in [5, 5.41) is 10.1. The van der Waals surface area contributed by atoms with Crippen LogP contribution in [0, 0.1) is 6.92 Å². The molecule has 29 heavy (non-hydrogen) atoms. The molecule has 0 unspecified atom stereocenters. The van der Waals surface area contributed by atoms with Crippen molar-refractivity contribution in [2.75, 3.05) is 17.6 Å². The third kappa shape index (κ3) is 3.50. The highest BCUT2D eigenvalue weighted by Gasteiger charge is 2.18. The van der Waals surface area contributed by atoms with Gasteiger partial charge in [0.2, 0.25) is 5.91 Å². The third-order valence-electron chi connectivity index (χ3n) is 5.01. The zero-order valence-corrected chi connectivity index (χ0v) is 16.0. The zero-order valence-electron chi connectivity index (χ0n) is 16.0. The van der Waals surface area contributed by atoms with E-state index >= 15 is 0 Å². The molecule has 0 spiro atoms. The average Bonchev–Trinajstić information content (AvgIpc) is 3.11. The van der Waals surface area contributed by atoms with Gasteiger partial charge in [0, 0.05) is 29.6 Å². The van der Waals surface area contributed by atoms with Crippen LogP contribution in [0.15, 0.2) is 55.3 Å². The van der Waals surface area contributed by atoms with Crippen molar-refractivity contribution < 1.29 is 9.59 Å². The molecule has 4 rings (SSSR count). The van der Waals surface area contributed by atoms with Gasteiger partial charge in [-0.3, -0.25) is 9.59 Å². The molecule has 2 aromatic carbocycles. The van der Waals surface area contributed by atoms with Gasteiger partial charge in [0.25, 0.3) is 5.91 Å². The van der Waals surface area contributed by atoms with E-state index in [4.69, 9.17) is 5.73 Å². The summed E-state index contributed by atoms with van der Waals surface area (Å²) >= 11 is 0. The molecule has 0 saturated carbocycles. The lowest BCUT2D eigenvalue weighted by molar-refractivity contribution is -0.111. The van der Waals surface area contributed by atoms with E-state index in [-0.39, 0.29) is 11.8 Å². The van der Waals surface area contributed by atoms with Gasteiger partial charge in [-0.1, -0.05) is 24.8 Å². The fourth-order valence-corrected chi connectivity index (χ4v) is 3.41. The minimum absolute atomic E-state index is 0.0461. The third-order valence-corrected chi connectivity index (χ3v) is 5.01. The number of aryl methyl sites for hydroxylation is 1. The number of rotatable bonds is 4. The molecule has 1 aliphatic heterocycles. The molecule has 0 radical (unpaired) electrons. The first kappa shape index (κ1) is 18.5. The molecular weight excluding hydrogens is 366 g/mol. The summed E-state index contributed by atoms with van der Waals surface area (Å²) in [5.74, 6) is 0.0710. The number of fused-ring (bicyclic) bond motifs is 1. The predicted octanol–water partition coefficient (Wildman–Crippen LogP) is 2.84. The van der Waals surface area contributed by atoms with Crippen LogP contribution in [0.3, 0.4) is 0 Å². The standard InChI is InChI=1S/C22H21N5O2/c1-3-20(28)25-19-11-16(6-4-13(19)2)27-12-18(21(23)26-27)14-5-7-17-15(10-14)8-9-24-22(17)29/h3-7,10-12H,1,8-9H2,2H3,(H2,23,26)(H,24,29)(H,25,28). The van der Waals surface area contributed by atoms with Crippen LogP contribution in [0.2, 0.25) is 0 Å². The minimum atomic E-state index is -0.274. The van der Waals surface area contributed by atoms with Gasteiger partial charge in [0.1, 0.15) is 0 Å². The number of aromatic nitrogens is 2. The molecule has 3 aromatic rings. The number of anilines is 2. The molecule has 7 nitrogen and oxygen atoms in total. The number of nitrogens with one attached hydrogen (secondary N) is 2. The second kappa shape index (κ2) is 7.27. The molecule has 1 aromatic heterocycles. The molecule has 0 bridgehead atoms. The van der Waals surface area contributed by atoms with Crippen molar-refractivity contribution in [3.05, 3.63) is 71.9 Å². The summed E-state index contributed by atoms with van der Waals surface area (Å²) in [6, 6.07) is 11.4. The molecule has 2 amide bonds. The molecule has 0 aliphatic carbocycles. The highest BCUT2D eigenvalue weighted by molar-refractivity contribution is 5.99. The lowest BCUT2D eigenvalue weighted by Crippen LogP contribution is -2.31. The summed E-state index contributed by atoms with van der Waals surface area (Å²) in [5.41, 5.74) is 12.0. The van der Waals surface area contributed by atoms with Crippen LogP contribution < -0.4 is 16.4 Å². The maximum Gasteiger partial charge on any atom is 0.251 e. The van der Waals surface area contributed by atoms with Crippen molar-refractivity contribution >= 4 is 23.3 Å². The number of hydrogen-bond acceptors (Lipinski definition) is 4. The molecule has 1 aliphatic rings. The van der Waals surface area contributed by atoms with Gasteiger partial charge in [-0.25, -0.2) is 4.68 Å². The number of nitrogen functional groups attached to an aromatic ring is 1. The summed E-state index contributed by atoms with van der Waals surface area (Å²) in [7, 11) is 0. The summed E-state index contributed by atoms with van der Waals surface area (Å²) < 4.78 is 1.68. The highest BCUT2D eigenvalue weighted by Crippen LogP contribution is 2.30. The lowest BCUT2D eigenvalue weighted by atomic mass is 9.96. The van der Waals surface area contributed by atoms with E-state index in [1.165, 1.54) is 6.08 Å². The normalized spacial score (nSPS) is 12.8. The Hall–Kier alpha value is -3.87. The monoisotopic (exact) mass is 387 g/mol. The van der Waals surface area contributed by atoms with E-state index in [9.17, 15) is 9.59 Å². The SMILES string of the molecule is C=CC(=O)Nc1cc(-n2cc(-c3ccc4c(c3)CCNC4=O)c(N)n2)ccc1C. The fourth-order valence-electron chi connectivity index (χ4n) is 3.41. The van der Waals surface area contributed by atoms with Gasteiger partial charge in [-0.2, -0.15) is 5.10 Å². The van der Waals surface area contributed by atoms with E-state index in [1.54, 1.807) is 4.68 Å². The Kier molecular flexibility index (Phi) is 4.64. The van der Waals surface area contributed by atoms with Gasteiger partial charge < -0.3 is 16.4 Å². The molecule has 4 N–H and O–H groups in total. The Balaban J connectivity index is 1.70. The van der Waals surface area contributed by atoms with Crippen molar-refractivity contribution in [2.45, 2.75) is 13.3 Å². The van der Waals surface area contributed by atoms with Crippen LogP contribution in [0.5, 0.6) is 0 Å². The maximum atomic E-state index is 12.0. The van der Waals surface area contributed by atoms with Crippen LogP contribution in [0.4, 0.5) is 11.5 Å². The first-order chi connectivity index (χ1) is 14.0. The summed E-state index contributed by atoms with van der Waals surface area (Å²) in [6.07, 6.45) is 3.86. The van der Waals surface area contributed by atoms with Crippen molar-refractivity contribution in [3.8, 4) is 16.8 Å². The second-order valence-electron chi connectivity index (χ2n) is 6.94. The fraction of sp³-hybridized carbons (Fsp3) is 0.136. The first-order valence-electron chi connectivity index (χ1n) is 9.27. The largest absolute Gasteiger partial charge is 0.382 e. The molecule has 0 fully saturated rings. The topological polar surface area (TPSA) is 102 Å². The van der Waals surface area contributed by atoms with Crippen molar-refractivity contribution in [1.29, 1.82) is 0 Å². The smallest absolute Gasteiger partial charge is 0.251 e. The first-order valence-corrected chi connectivity index (χ1v) is 9.27. The predicted molar refractivity (Wildman–Crippen MR) is 113 cm³/mol. The summed E-state index contributed by atoms with van der Waals surface area (Å²) in [6.45, 7) is 6.02. The molecular formula is C22H21N5O2. The second-order valence-corrected chi connectivity index (χ2v) is 6.94. The van der Waals surface area contributed by atoms with E-state index in [2.05, 4.69) is 22.3 Å². The number of carbonyl (C=O) groups excluding carboxylic acids is 2. The molecule has 0 saturated heterocycles. The van der Waals surface area contributed by atoms with Crippen LogP contribution in [0.1, 0.15) is 21.5 Å². The van der Waals surface area contributed by atoms with Crippen molar-refractivity contribution in [1.82, 2.24) is 15.1 Å². The van der Waals surface area contributed by atoms with Crippen molar-refractivity contribution in [3.63, 3.8) is 0 Å². The quantitative estimate of drug-likeness (QED) is 0.599. The van der Waals surface area contributed by atoms with Crippen LogP contribution in [-0.2, 0) is 11.2 Å². The molecule has 0 atom stereocenters. The number of carbonyl (C=O) groups is 2. The van der Waals surface area contributed by atoms with Gasteiger partial charge >= 0.3 is 0 Å². The van der Waals surface area contributed by atoms with E-state index in [0.29, 0.717) is 23.6 Å². The number of nitrogens with two attached hydrogens (primary N) is 1. The van der Waals surface area contributed by atoms with Gasteiger partial charge in [0.15, 0.2) is 5.82 Å². The minimum Gasteiger partial charge on any atom is -0.382 e. The van der Waals surface area contributed by atoms with E-state index in [1.807, 2.05) is 49.5 Å². The van der Waals surface area contributed by atoms with E-state index in [0.717, 1.165) is 34.4 Å². The summed E-state index contributed by atoms with van der Waals surface area (Å²) in [4.78, 5) is 23.6. The lowest BCUT2D eigenvalue weighted by Gasteiger charge is -2.17. The number of amides is 2. The van der Waals surface area contributed by atoms with Gasteiger partial charge in [-0.05, 0) is 54.3 Å². The van der Waals surface area contributed by atoms with E-state index < -0.39 is 0 Å². The highest BCUT2D eigenvalue weighted by atomic mass is 16.2. The zero-order chi connectivity index (χ0) is 20.5. The van der Waals surface area contributed by atoms with Crippen LogP contribution in [-0.4, -0.2) is 28.1 Å². The maximum absolute atomic E-state index is 12.0. The Morgan fingerprint density at radius 2 is 2.10 bits per heavy atom. The Morgan fingerprint density at radius 3 is 2.90 bits per heavy atom. The number of nitrogens with zero attached hydrogens (tertiary/aromatic N) is 2. The Labute approximate surface area is 168 Å². The van der Waals surface area contributed by atoms with Crippen molar-refractivity contribution in [2.24, 2.45) is 0 Å². The molecule has 146 valence electrons. The van der Waals surface area contributed by atoms with Gasteiger partial charge in [0.05, 0.1) is 5.69 Å². The van der Waals surface area contributed by atoms with Gasteiger partial charge in [-0.15, -0.1) is 0 Å². The van der Waals surface area contributed by atoms with Crippen LogP contribution >= 0.6 is 0 Å². The number of hydrogen-bond donors (Lipinski definition) is 3. The Bertz CT molecular complexity index is 1150.